The lowest BCUT2D eigenvalue weighted by atomic mass is 9.91. The van der Waals surface area contributed by atoms with Crippen LogP contribution in [0.15, 0.2) is 0 Å². The minimum Gasteiger partial charge on any atom is -0.394 e. The van der Waals surface area contributed by atoms with Gasteiger partial charge in [0.1, 0.15) is 0 Å². The molecule has 17 heavy (non-hydrogen) atoms. The number of nitrogens with one attached hydrogen (secondary N) is 1. The summed E-state index contributed by atoms with van der Waals surface area (Å²) in [5.41, 5.74) is -0.0413. The van der Waals surface area contributed by atoms with E-state index in [1.54, 1.807) is 0 Å². The largest absolute Gasteiger partial charge is 0.394 e. The summed E-state index contributed by atoms with van der Waals surface area (Å²) >= 11 is 0. The van der Waals surface area contributed by atoms with Gasteiger partial charge < -0.3 is 15.3 Å². The second-order valence-corrected chi connectivity index (χ2v) is 5.53. The molecule has 0 aromatic heterocycles. The third kappa shape index (κ3) is 4.94. The summed E-state index contributed by atoms with van der Waals surface area (Å²) in [6.07, 6.45) is 7.16. The predicted molar refractivity (Wildman–Crippen MR) is 73.3 cm³/mol. The highest BCUT2D eigenvalue weighted by molar-refractivity contribution is 4.87. The Morgan fingerprint density at radius 3 is 2.53 bits per heavy atom. The SMILES string of the molecule is CCCNC(CC)(CO)CCCN(C)C1CC1. The van der Waals surface area contributed by atoms with Crippen LogP contribution >= 0.6 is 0 Å². The zero-order valence-corrected chi connectivity index (χ0v) is 11.8. The van der Waals surface area contributed by atoms with Gasteiger partial charge in [0.15, 0.2) is 0 Å². The van der Waals surface area contributed by atoms with Crippen molar-refractivity contribution in [2.75, 3.05) is 26.7 Å². The molecule has 1 rings (SSSR count). The van der Waals surface area contributed by atoms with E-state index in [2.05, 4.69) is 31.1 Å². The first-order valence-electron chi connectivity index (χ1n) is 7.23. The number of aliphatic hydroxyl groups excluding tert-OH is 1. The fourth-order valence-corrected chi connectivity index (χ4v) is 2.39. The number of hydrogen-bond donors (Lipinski definition) is 2. The molecule has 0 radical (unpaired) electrons. The monoisotopic (exact) mass is 242 g/mol. The molecule has 3 heteroatoms. The van der Waals surface area contributed by atoms with Crippen LogP contribution in [0.1, 0.15) is 52.4 Å². The molecule has 0 saturated heterocycles. The van der Waals surface area contributed by atoms with E-state index in [-0.39, 0.29) is 12.1 Å². The van der Waals surface area contributed by atoms with Crippen LogP contribution in [-0.2, 0) is 0 Å². The second kappa shape index (κ2) is 7.34. The first kappa shape index (κ1) is 14.9. The molecular formula is C14H30N2O. The summed E-state index contributed by atoms with van der Waals surface area (Å²) in [5.74, 6) is 0. The molecule has 1 unspecified atom stereocenters. The van der Waals surface area contributed by atoms with Gasteiger partial charge in [-0.05, 0) is 58.7 Å². The maximum atomic E-state index is 9.61. The van der Waals surface area contributed by atoms with Gasteiger partial charge in [0.25, 0.3) is 0 Å². The fourth-order valence-electron chi connectivity index (χ4n) is 2.39. The molecule has 0 aromatic rings. The Morgan fingerprint density at radius 1 is 1.35 bits per heavy atom. The Balaban J connectivity index is 2.26. The molecule has 0 heterocycles. The van der Waals surface area contributed by atoms with E-state index in [9.17, 15) is 5.11 Å². The van der Waals surface area contributed by atoms with Crippen molar-refractivity contribution in [2.24, 2.45) is 0 Å². The molecule has 1 saturated carbocycles. The average Bonchev–Trinajstić information content (AvgIpc) is 3.18. The van der Waals surface area contributed by atoms with Gasteiger partial charge in [-0.1, -0.05) is 13.8 Å². The zero-order valence-electron chi connectivity index (χ0n) is 11.8. The number of hydrogen-bond acceptors (Lipinski definition) is 3. The van der Waals surface area contributed by atoms with Crippen LogP contribution in [0.5, 0.6) is 0 Å². The standard InChI is InChI=1S/C14H30N2O/c1-4-10-15-14(5-2,12-17)9-6-11-16(3)13-7-8-13/h13,15,17H,4-12H2,1-3H3. The van der Waals surface area contributed by atoms with Crippen molar-refractivity contribution in [3.8, 4) is 0 Å². The smallest absolute Gasteiger partial charge is 0.0613 e. The zero-order chi connectivity index (χ0) is 12.7. The first-order valence-corrected chi connectivity index (χ1v) is 7.23. The lowest BCUT2D eigenvalue weighted by Gasteiger charge is -2.33. The lowest BCUT2D eigenvalue weighted by molar-refractivity contribution is 0.140. The van der Waals surface area contributed by atoms with Gasteiger partial charge >= 0.3 is 0 Å². The Kier molecular flexibility index (Phi) is 6.45. The molecule has 1 aliphatic rings. The molecule has 3 nitrogen and oxygen atoms in total. The summed E-state index contributed by atoms with van der Waals surface area (Å²) in [5, 5.41) is 13.1. The lowest BCUT2D eigenvalue weighted by Crippen LogP contribution is -2.48. The molecule has 1 aliphatic carbocycles. The fraction of sp³-hybridized carbons (Fsp3) is 1.00. The molecule has 1 atom stereocenters. The highest BCUT2D eigenvalue weighted by Gasteiger charge is 2.28. The molecule has 0 amide bonds. The van der Waals surface area contributed by atoms with E-state index >= 15 is 0 Å². The summed E-state index contributed by atoms with van der Waals surface area (Å²) in [4.78, 5) is 2.47. The van der Waals surface area contributed by atoms with Crippen LogP contribution in [0.2, 0.25) is 0 Å². The van der Waals surface area contributed by atoms with Crippen LogP contribution in [0.25, 0.3) is 0 Å². The van der Waals surface area contributed by atoms with Crippen molar-refractivity contribution < 1.29 is 5.11 Å². The number of rotatable bonds is 10. The van der Waals surface area contributed by atoms with Gasteiger partial charge in [0, 0.05) is 11.6 Å². The van der Waals surface area contributed by atoms with E-state index in [0.29, 0.717) is 0 Å². The molecule has 0 bridgehead atoms. The minimum atomic E-state index is -0.0413. The van der Waals surface area contributed by atoms with E-state index in [1.165, 1.54) is 25.8 Å². The first-order chi connectivity index (χ1) is 8.17. The summed E-state index contributed by atoms with van der Waals surface area (Å²) in [7, 11) is 2.23. The van der Waals surface area contributed by atoms with Gasteiger partial charge in [-0.2, -0.15) is 0 Å². The Hall–Kier alpha value is -0.120. The molecule has 0 spiro atoms. The second-order valence-electron chi connectivity index (χ2n) is 5.53. The molecule has 2 N–H and O–H groups in total. The average molecular weight is 242 g/mol. The van der Waals surface area contributed by atoms with E-state index in [0.717, 1.165) is 31.8 Å². The minimum absolute atomic E-state index is 0.0413. The quantitative estimate of drug-likeness (QED) is 0.615. The van der Waals surface area contributed by atoms with Crippen molar-refractivity contribution in [3.05, 3.63) is 0 Å². The normalized spacial score (nSPS) is 19.6. The molecule has 102 valence electrons. The molecule has 0 aromatic carbocycles. The molecular weight excluding hydrogens is 212 g/mol. The van der Waals surface area contributed by atoms with Crippen LogP contribution in [0.4, 0.5) is 0 Å². The van der Waals surface area contributed by atoms with Gasteiger partial charge in [-0.25, -0.2) is 0 Å². The number of nitrogens with zero attached hydrogens (tertiary/aromatic N) is 1. The van der Waals surface area contributed by atoms with Gasteiger partial charge in [0.2, 0.25) is 0 Å². The van der Waals surface area contributed by atoms with Crippen LogP contribution < -0.4 is 5.32 Å². The summed E-state index contributed by atoms with van der Waals surface area (Å²) < 4.78 is 0. The van der Waals surface area contributed by atoms with Crippen LogP contribution in [-0.4, -0.2) is 48.3 Å². The van der Waals surface area contributed by atoms with E-state index in [1.807, 2.05) is 0 Å². The highest BCUT2D eigenvalue weighted by Crippen LogP contribution is 2.26. The third-order valence-electron chi connectivity index (χ3n) is 4.07. The van der Waals surface area contributed by atoms with E-state index in [4.69, 9.17) is 0 Å². The maximum Gasteiger partial charge on any atom is 0.0613 e. The summed E-state index contributed by atoms with van der Waals surface area (Å²) in [6.45, 7) is 6.78. The van der Waals surface area contributed by atoms with Crippen molar-refractivity contribution in [1.82, 2.24) is 10.2 Å². The highest BCUT2D eigenvalue weighted by atomic mass is 16.3. The van der Waals surface area contributed by atoms with E-state index < -0.39 is 0 Å². The van der Waals surface area contributed by atoms with Crippen LogP contribution in [0.3, 0.4) is 0 Å². The van der Waals surface area contributed by atoms with Gasteiger partial charge in [-0.15, -0.1) is 0 Å². The number of aliphatic hydroxyl groups is 1. The van der Waals surface area contributed by atoms with Crippen molar-refractivity contribution >= 4 is 0 Å². The van der Waals surface area contributed by atoms with Gasteiger partial charge in [0.05, 0.1) is 6.61 Å². The Labute approximate surface area is 107 Å². The Bertz CT molecular complexity index is 200. The topological polar surface area (TPSA) is 35.5 Å². The third-order valence-corrected chi connectivity index (χ3v) is 4.07. The van der Waals surface area contributed by atoms with Gasteiger partial charge in [-0.3, -0.25) is 0 Å². The van der Waals surface area contributed by atoms with Crippen molar-refractivity contribution in [2.45, 2.75) is 64.0 Å². The maximum absolute atomic E-state index is 9.61. The predicted octanol–water partition coefficient (Wildman–Crippen LogP) is 2.00. The molecule has 1 fully saturated rings. The summed E-state index contributed by atoms with van der Waals surface area (Å²) in [6, 6.07) is 0.851. The van der Waals surface area contributed by atoms with Crippen LogP contribution in [0, 0.1) is 0 Å². The molecule has 0 aliphatic heterocycles. The Morgan fingerprint density at radius 2 is 2.06 bits per heavy atom. The van der Waals surface area contributed by atoms with Crippen molar-refractivity contribution in [3.63, 3.8) is 0 Å². The van der Waals surface area contributed by atoms with Crippen molar-refractivity contribution in [1.29, 1.82) is 0 Å².